The van der Waals surface area contributed by atoms with Gasteiger partial charge in [0, 0.05) is 25.7 Å². The molecule has 138 valence electrons. The molecule has 7 nitrogen and oxygen atoms in total. The number of fused-ring (bicyclic) bond motifs is 2. The van der Waals surface area contributed by atoms with Gasteiger partial charge in [0.15, 0.2) is 5.65 Å². The predicted molar refractivity (Wildman–Crippen MR) is 105 cm³/mol. The van der Waals surface area contributed by atoms with Crippen molar-refractivity contribution < 1.29 is 4.74 Å². The Bertz CT molecular complexity index is 1120. The van der Waals surface area contributed by atoms with Gasteiger partial charge in [-0.1, -0.05) is 6.07 Å². The van der Waals surface area contributed by atoms with Crippen LogP contribution in [-0.4, -0.2) is 49.4 Å². The van der Waals surface area contributed by atoms with Crippen molar-refractivity contribution in [1.82, 2.24) is 24.1 Å². The molecule has 0 amide bonds. The molecule has 0 spiro atoms. The molecule has 1 aliphatic rings. The standard InChI is InChI=1S/C20H22N6O/c1-13-10-25(11-14(2)27-13)20-7-6-19-21-9-18(26(19)23-20)15-4-5-16-17(8-15)24(3)12-22-16/h4-9,12-14H,10-11H2,1-3H3/t13-,14+. The van der Waals surface area contributed by atoms with Gasteiger partial charge in [0.25, 0.3) is 0 Å². The van der Waals surface area contributed by atoms with E-state index in [1.165, 1.54) is 0 Å². The van der Waals surface area contributed by atoms with Crippen molar-refractivity contribution in [2.24, 2.45) is 7.05 Å². The number of ether oxygens (including phenoxy) is 1. The Morgan fingerprint density at radius 1 is 1.04 bits per heavy atom. The lowest BCUT2D eigenvalue weighted by Crippen LogP contribution is -2.46. The molecule has 4 heterocycles. The molecule has 1 aromatic carbocycles. The number of hydrogen-bond acceptors (Lipinski definition) is 5. The highest BCUT2D eigenvalue weighted by molar-refractivity contribution is 5.81. The Kier molecular flexibility index (Phi) is 3.65. The average Bonchev–Trinajstić information content (AvgIpc) is 3.24. The number of imidazole rings is 2. The van der Waals surface area contributed by atoms with E-state index in [9.17, 15) is 0 Å². The Labute approximate surface area is 157 Å². The highest BCUT2D eigenvalue weighted by atomic mass is 16.5. The number of aromatic nitrogens is 5. The second-order valence-electron chi connectivity index (χ2n) is 7.33. The Hall–Kier alpha value is -2.93. The van der Waals surface area contributed by atoms with Gasteiger partial charge >= 0.3 is 0 Å². The van der Waals surface area contributed by atoms with Crippen molar-refractivity contribution in [2.45, 2.75) is 26.1 Å². The molecule has 3 aromatic heterocycles. The molecule has 0 saturated carbocycles. The molecule has 0 unspecified atom stereocenters. The van der Waals surface area contributed by atoms with Gasteiger partial charge in [-0.25, -0.2) is 14.5 Å². The van der Waals surface area contributed by atoms with Crippen molar-refractivity contribution in [2.75, 3.05) is 18.0 Å². The molecule has 0 N–H and O–H groups in total. The number of benzene rings is 1. The van der Waals surface area contributed by atoms with Crippen molar-refractivity contribution >= 4 is 22.5 Å². The van der Waals surface area contributed by atoms with Crippen LogP contribution < -0.4 is 4.90 Å². The number of anilines is 1. The van der Waals surface area contributed by atoms with Crippen molar-refractivity contribution in [3.05, 3.63) is 42.9 Å². The van der Waals surface area contributed by atoms with Gasteiger partial charge in [-0.3, -0.25) is 0 Å². The minimum atomic E-state index is 0.195. The monoisotopic (exact) mass is 362 g/mol. The third-order valence-electron chi connectivity index (χ3n) is 5.11. The first-order chi connectivity index (χ1) is 13.1. The van der Waals surface area contributed by atoms with Gasteiger partial charge < -0.3 is 14.2 Å². The Morgan fingerprint density at radius 3 is 2.67 bits per heavy atom. The molecule has 0 bridgehead atoms. The summed E-state index contributed by atoms with van der Waals surface area (Å²) in [5, 5.41) is 4.90. The highest BCUT2D eigenvalue weighted by Crippen LogP contribution is 2.26. The quantitative estimate of drug-likeness (QED) is 0.549. The van der Waals surface area contributed by atoms with E-state index in [0.29, 0.717) is 0 Å². The molecule has 1 aliphatic heterocycles. The predicted octanol–water partition coefficient (Wildman–Crippen LogP) is 2.90. The fourth-order valence-electron chi connectivity index (χ4n) is 3.88. The maximum Gasteiger partial charge on any atom is 0.154 e. The number of morpholine rings is 1. The SMILES string of the molecule is C[C@@H]1CN(c2ccc3ncc(-c4ccc5ncn(C)c5c4)n3n2)C[C@H](C)O1. The zero-order chi connectivity index (χ0) is 18.5. The third kappa shape index (κ3) is 2.75. The van der Waals surface area contributed by atoms with Gasteiger partial charge in [0.05, 0.1) is 41.5 Å². The van der Waals surface area contributed by atoms with Gasteiger partial charge in [-0.2, -0.15) is 0 Å². The molecular formula is C20H22N6O. The van der Waals surface area contributed by atoms with Crippen molar-refractivity contribution in [3.63, 3.8) is 0 Å². The van der Waals surface area contributed by atoms with Gasteiger partial charge in [0.2, 0.25) is 0 Å². The highest BCUT2D eigenvalue weighted by Gasteiger charge is 2.23. The van der Waals surface area contributed by atoms with Crippen LogP contribution in [0.5, 0.6) is 0 Å². The van der Waals surface area contributed by atoms with Crippen LogP contribution in [0.4, 0.5) is 5.82 Å². The lowest BCUT2D eigenvalue weighted by atomic mass is 10.1. The van der Waals surface area contributed by atoms with Crippen molar-refractivity contribution in [1.29, 1.82) is 0 Å². The second-order valence-corrected chi connectivity index (χ2v) is 7.33. The van der Waals surface area contributed by atoms with E-state index < -0.39 is 0 Å². The molecule has 1 saturated heterocycles. The largest absolute Gasteiger partial charge is 0.372 e. The van der Waals surface area contributed by atoms with E-state index in [-0.39, 0.29) is 12.2 Å². The van der Waals surface area contributed by atoms with E-state index in [4.69, 9.17) is 9.84 Å². The average molecular weight is 362 g/mol. The van der Waals surface area contributed by atoms with E-state index in [1.807, 2.05) is 46.9 Å². The summed E-state index contributed by atoms with van der Waals surface area (Å²) < 4.78 is 9.80. The van der Waals surface area contributed by atoms with E-state index in [0.717, 1.165) is 46.8 Å². The summed E-state index contributed by atoms with van der Waals surface area (Å²) >= 11 is 0. The Morgan fingerprint density at radius 2 is 1.85 bits per heavy atom. The minimum Gasteiger partial charge on any atom is -0.372 e. The third-order valence-corrected chi connectivity index (χ3v) is 5.11. The summed E-state index contributed by atoms with van der Waals surface area (Å²) in [5.74, 6) is 0.949. The maximum atomic E-state index is 5.85. The van der Waals surface area contributed by atoms with Crippen LogP contribution in [0, 0.1) is 0 Å². The van der Waals surface area contributed by atoms with Crippen LogP contribution in [-0.2, 0) is 11.8 Å². The fourth-order valence-corrected chi connectivity index (χ4v) is 3.88. The maximum absolute atomic E-state index is 5.85. The van der Waals surface area contributed by atoms with Crippen LogP contribution in [0.3, 0.4) is 0 Å². The van der Waals surface area contributed by atoms with Crippen LogP contribution >= 0.6 is 0 Å². The van der Waals surface area contributed by atoms with Crippen LogP contribution in [0.1, 0.15) is 13.8 Å². The molecule has 7 heteroatoms. The molecule has 5 rings (SSSR count). The topological polar surface area (TPSA) is 60.5 Å². The van der Waals surface area contributed by atoms with Gasteiger partial charge in [-0.15, -0.1) is 5.10 Å². The molecule has 1 fully saturated rings. The van der Waals surface area contributed by atoms with Crippen LogP contribution in [0.25, 0.3) is 27.9 Å². The molecule has 27 heavy (non-hydrogen) atoms. The first kappa shape index (κ1) is 16.3. The summed E-state index contributed by atoms with van der Waals surface area (Å²) in [5.41, 5.74) is 4.97. The van der Waals surface area contributed by atoms with E-state index in [1.54, 1.807) is 0 Å². The number of rotatable bonds is 2. The molecule has 0 radical (unpaired) electrons. The van der Waals surface area contributed by atoms with E-state index in [2.05, 4.69) is 40.8 Å². The van der Waals surface area contributed by atoms with E-state index >= 15 is 0 Å². The van der Waals surface area contributed by atoms with Crippen LogP contribution in [0.2, 0.25) is 0 Å². The zero-order valence-corrected chi connectivity index (χ0v) is 15.7. The molecular weight excluding hydrogens is 340 g/mol. The molecule has 0 aliphatic carbocycles. The minimum absolute atomic E-state index is 0.195. The summed E-state index contributed by atoms with van der Waals surface area (Å²) in [4.78, 5) is 11.2. The number of aryl methyl sites for hydroxylation is 1. The Balaban J connectivity index is 1.59. The lowest BCUT2D eigenvalue weighted by Gasteiger charge is -2.35. The van der Waals surface area contributed by atoms with Gasteiger partial charge in [-0.05, 0) is 38.1 Å². The normalized spacial score (nSPS) is 20.6. The smallest absolute Gasteiger partial charge is 0.154 e. The number of hydrogen-bond donors (Lipinski definition) is 0. The summed E-state index contributed by atoms with van der Waals surface area (Å²) in [6, 6.07) is 10.3. The van der Waals surface area contributed by atoms with Crippen LogP contribution in [0.15, 0.2) is 42.9 Å². The fraction of sp³-hybridized carbons (Fsp3) is 0.350. The van der Waals surface area contributed by atoms with Gasteiger partial charge in [0.1, 0.15) is 5.82 Å². The van der Waals surface area contributed by atoms with Crippen molar-refractivity contribution in [3.8, 4) is 11.3 Å². The number of nitrogens with zero attached hydrogens (tertiary/aromatic N) is 6. The molecule has 2 atom stereocenters. The summed E-state index contributed by atoms with van der Waals surface area (Å²) in [6.07, 6.45) is 4.11. The zero-order valence-electron chi connectivity index (χ0n) is 15.7. The summed E-state index contributed by atoms with van der Waals surface area (Å²) in [7, 11) is 2.00. The first-order valence-electron chi connectivity index (χ1n) is 9.25. The second kappa shape index (κ2) is 6.06. The molecule has 4 aromatic rings. The summed E-state index contributed by atoms with van der Waals surface area (Å²) in [6.45, 7) is 5.89. The first-order valence-corrected chi connectivity index (χ1v) is 9.25. The lowest BCUT2D eigenvalue weighted by molar-refractivity contribution is -0.00551.